The first-order valence-electron chi connectivity index (χ1n) is 9.66. The molecule has 31 heavy (non-hydrogen) atoms. The molecule has 0 aromatic heterocycles. The SMILES string of the molecule is O=C(CC#CCN1CCCCC1)c1cccc(OS(=O)(=O)c2cc(F)c(F)c(F)c2)c1. The summed E-state index contributed by atoms with van der Waals surface area (Å²) in [6.07, 6.45) is 3.47. The maximum atomic E-state index is 13.3. The van der Waals surface area contributed by atoms with E-state index in [1.54, 1.807) is 0 Å². The lowest BCUT2D eigenvalue weighted by Crippen LogP contribution is -2.29. The van der Waals surface area contributed by atoms with E-state index >= 15 is 0 Å². The standard InChI is InChI=1S/C22H20F3NO4S/c23-19-14-18(15-20(24)22(19)25)31(28,29)30-17-8-6-7-16(13-17)21(27)9-2-5-12-26-10-3-1-4-11-26/h6-8,13-15H,1,3-4,9-12H2. The van der Waals surface area contributed by atoms with Crippen molar-refractivity contribution in [3.05, 3.63) is 59.4 Å². The summed E-state index contributed by atoms with van der Waals surface area (Å²) >= 11 is 0. The van der Waals surface area contributed by atoms with Crippen molar-refractivity contribution in [1.29, 1.82) is 0 Å². The third-order valence-corrected chi connectivity index (χ3v) is 5.96. The van der Waals surface area contributed by atoms with Gasteiger partial charge in [0.05, 0.1) is 13.0 Å². The van der Waals surface area contributed by atoms with Gasteiger partial charge in [0.2, 0.25) is 0 Å². The van der Waals surface area contributed by atoms with Gasteiger partial charge in [0.1, 0.15) is 10.6 Å². The summed E-state index contributed by atoms with van der Waals surface area (Å²) in [6, 6.07) is 5.99. The highest BCUT2D eigenvalue weighted by Gasteiger charge is 2.22. The Bertz CT molecular complexity index is 1110. The Labute approximate surface area is 178 Å². The van der Waals surface area contributed by atoms with Crippen molar-refractivity contribution in [1.82, 2.24) is 4.90 Å². The minimum absolute atomic E-state index is 0.0432. The van der Waals surface area contributed by atoms with E-state index in [4.69, 9.17) is 4.18 Å². The normalized spacial score (nSPS) is 14.5. The Morgan fingerprint density at radius 3 is 2.35 bits per heavy atom. The first kappa shape index (κ1) is 22.8. The summed E-state index contributed by atoms with van der Waals surface area (Å²) in [7, 11) is -4.64. The van der Waals surface area contributed by atoms with Crippen molar-refractivity contribution in [2.75, 3.05) is 19.6 Å². The smallest absolute Gasteiger partial charge is 0.339 e. The lowest BCUT2D eigenvalue weighted by molar-refractivity contribution is 0.0998. The molecule has 0 atom stereocenters. The lowest BCUT2D eigenvalue weighted by atomic mass is 10.1. The van der Waals surface area contributed by atoms with Crippen molar-refractivity contribution in [2.45, 2.75) is 30.6 Å². The maximum Gasteiger partial charge on any atom is 0.339 e. The molecule has 0 N–H and O–H groups in total. The van der Waals surface area contributed by atoms with Crippen molar-refractivity contribution >= 4 is 15.9 Å². The molecule has 1 fully saturated rings. The average molecular weight is 451 g/mol. The van der Waals surface area contributed by atoms with Gasteiger partial charge in [0.15, 0.2) is 23.2 Å². The molecule has 0 saturated carbocycles. The van der Waals surface area contributed by atoms with E-state index in [9.17, 15) is 26.4 Å². The Hall–Kier alpha value is -2.83. The molecule has 0 radical (unpaired) electrons. The Morgan fingerprint density at radius 1 is 1.00 bits per heavy atom. The van der Waals surface area contributed by atoms with Gasteiger partial charge in [-0.25, -0.2) is 13.2 Å². The van der Waals surface area contributed by atoms with Gasteiger partial charge in [0.25, 0.3) is 0 Å². The minimum Gasteiger partial charge on any atom is -0.379 e. The molecule has 1 heterocycles. The van der Waals surface area contributed by atoms with E-state index < -0.39 is 32.5 Å². The van der Waals surface area contributed by atoms with Crippen LogP contribution >= 0.6 is 0 Å². The lowest BCUT2D eigenvalue weighted by Gasteiger charge is -2.23. The molecule has 2 aromatic carbocycles. The second-order valence-corrected chi connectivity index (χ2v) is 8.60. The van der Waals surface area contributed by atoms with Crippen molar-refractivity contribution in [3.63, 3.8) is 0 Å². The Kier molecular flexibility index (Phi) is 7.36. The van der Waals surface area contributed by atoms with Crippen LogP contribution in [0.4, 0.5) is 13.2 Å². The molecule has 0 bridgehead atoms. The molecule has 9 heteroatoms. The Balaban J connectivity index is 1.66. The fourth-order valence-corrected chi connectivity index (χ4v) is 4.05. The van der Waals surface area contributed by atoms with Crippen LogP contribution in [-0.4, -0.2) is 38.7 Å². The van der Waals surface area contributed by atoms with Crippen LogP contribution in [0, 0.1) is 29.3 Å². The molecule has 3 rings (SSSR count). The molecule has 2 aromatic rings. The van der Waals surface area contributed by atoms with Crippen LogP contribution in [-0.2, 0) is 10.1 Å². The monoisotopic (exact) mass is 451 g/mol. The van der Waals surface area contributed by atoms with Crippen molar-refractivity contribution in [3.8, 4) is 17.6 Å². The van der Waals surface area contributed by atoms with Crippen LogP contribution in [0.5, 0.6) is 5.75 Å². The number of rotatable bonds is 6. The summed E-state index contributed by atoms with van der Waals surface area (Å²) in [5.74, 6) is 0.143. The van der Waals surface area contributed by atoms with E-state index in [1.807, 2.05) is 0 Å². The van der Waals surface area contributed by atoms with E-state index in [2.05, 4.69) is 16.7 Å². The highest BCUT2D eigenvalue weighted by molar-refractivity contribution is 7.87. The van der Waals surface area contributed by atoms with Crippen LogP contribution in [0.15, 0.2) is 41.3 Å². The van der Waals surface area contributed by atoms with Crippen LogP contribution in [0.25, 0.3) is 0 Å². The van der Waals surface area contributed by atoms with Crippen LogP contribution in [0.1, 0.15) is 36.0 Å². The van der Waals surface area contributed by atoms with Crippen molar-refractivity contribution in [2.24, 2.45) is 0 Å². The number of hydrogen-bond acceptors (Lipinski definition) is 5. The average Bonchev–Trinajstić information content (AvgIpc) is 2.75. The Morgan fingerprint density at radius 2 is 1.68 bits per heavy atom. The molecule has 0 spiro atoms. The summed E-state index contributed by atoms with van der Waals surface area (Å²) in [5.41, 5.74) is 0.177. The number of benzene rings is 2. The second kappa shape index (κ2) is 9.98. The largest absolute Gasteiger partial charge is 0.379 e. The first-order chi connectivity index (χ1) is 14.8. The number of hydrogen-bond donors (Lipinski definition) is 0. The number of carbonyl (C=O) groups excluding carboxylic acids is 1. The molecule has 164 valence electrons. The highest BCUT2D eigenvalue weighted by atomic mass is 32.2. The van der Waals surface area contributed by atoms with Gasteiger partial charge < -0.3 is 4.18 Å². The molecule has 0 unspecified atom stereocenters. The molecule has 1 aliphatic rings. The number of Topliss-reactive ketones (excluding diaryl/α,β-unsaturated/α-hetero) is 1. The third kappa shape index (κ3) is 6.09. The maximum absolute atomic E-state index is 13.3. The third-order valence-electron chi connectivity index (χ3n) is 4.73. The first-order valence-corrected chi connectivity index (χ1v) is 11.1. The van der Waals surface area contributed by atoms with Gasteiger partial charge in [-0.1, -0.05) is 30.4 Å². The van der Waals surface area contributed by atoms with E-state index in [0.29, 0.717) is 18.7 Å². The van der Waals surface area contributed by atoms with E-state index in [0.717, 1.165) is 25.9 Å². The highest BCUT2D eigenvalue weighted by Crippen LogP contribution is 2.23. The molecule has 0 aliphatic carbocycles. The van der Waals surface area contributed by atoms with E-state index in [-0.39, 0.29) is 23.5 Å². The van der Waals surface area contributed by atoms with Crippen LogP contribution in [0.3, 0.4) is 0 Å². The minimum atomic E-state index is -4.64. The molecule has 1 aliphatic heterocycles. The van der Waals surface area contributed by atoms with Gasteiger partial charge in [-0.15, -0.1) is 0 Å². The molecular formula is C22H20F3NO4S. The summed E-state index contributed by atoms with van der Waals surface area (Å²) in [5, 5.41) is 0. The zero-order chi connectivity index (χ0) is 22.4. The molecule has 0 amide bonds. The topological polar surface area (TPSA) is 63.7 Å². The van der Waals surface area contributed by atoms with E-state index in [1.165, 1.54) is 30.7 Å². The number of carbonyl (C=O) groups is 1. The molecule has 5 nitrogen and oxygen atoms in total. The zero-order valence-electron chi connectivity index (χ0n) is 16.5. The van der Waals surface area contributed by atoms with Gasteiger partial charge >= 0.3 is 10.1 Å². The number of nitrogens with zero attached hydrogens (tertiary/aromatic N) is 1. The van der Waals surface area contributed by atoms with Crippen LogP contribution in [0.2, 0.25) is 0 Å². The zero-order valence-corrected chi connectivity index (χ0v) is 17.4. The fraction of sp³-hybridized carbons (Fsp3) is 0.318. The predicted molar refractivity (Wildman–Crippen MR) is 108 cm³/mol. The molecular weight excluding hydrogens is 431 g/mol. The van der Waals surface area contributed by atoms with Crippen LogP contribution < -0.4 is 4.18 Å². The van der Waals surface area contributed by atoms with Crippen molar-refractivity contribution < 1.29 is 30.6 Å². The number of likely N-dealkylation sites (tertiary alicyclic amines) is 1. The second-order valence-electron chi connectivity index (χ2n) is 7.06. The summed E-state index contributed by atoms with van der Waals surface area (Å²) in [6.45, 7) is 2.59. The predicted octanol–water partition coefficient (Wildman–Crippen LogP) is 3.93. The van der Waals surface area contributed by atoms with Gasteiger partial charge in [-0.3, -0.25) is 9.69 Å². The van der Waals surface area contributed by atoms with Gasteiger partial charge in [-0.2, -0.15) is 8.42 Å². The number of ketones is 1. The summed E-state index contributed by atoms with van der Waals surface area (Å²) < 4.78 is 69.2. The quantitative estimate of drug-likeness (QED) is 0.288. The molecule has 1 saturated heterocycles. The number of piperidine rings is 1. The van der Waals surface area contributed by atoms with Gasteiger partial charge in [-0.05, 0) is 50.2 Å². The summed E-state index contributed by atoms with van der Waals surface area (Å²) in [4.78, 5) is 13.7. The fourth-order valence-electron chi connectivity index (χ4n) is 3.10. The van der Waals surface area contributed by atoms with Gasteiger partial charge in [0, 0.05) is 5.56 Å². The number of halogens is 3.